The molecule has 2 amide bonds. The number of benzene rings is 2. The van der Waals surface area contributed by atoms with Crippen molar-refractivity contribution in [2.45, 2.75) is 57.7 Å². The highest BCUT2D eigenvalue weighted by atomic mass is 19.1. The normalized spacial score (nSPS) is 14.9. The summed E-state index contributed by atoms with van der Waals surface area (Å²) in [4.78, 5) is 27.7. The predicted octanol–water partition coefficient (Wildman–Crippen LogP) is 4.07. The number of amides is 2. The smallest absolute Gasteiger partial charge is 0.261 e. The van der Waals surface area contributed by atoms with Crippen molar-refractivity contribution < 1.29 is 18.7 Å². The minimum Gasteiger partial charge on any atom is -0.484 e. The molecule has 0 unspecified atom stereocenters. The molecule has 0 radical (unpaired) electrons. The average Bonchev–Trinajstić information content (AvgIpc) is 3.26. The zero-order valence-corrected chi connectivity index (χ0v) is 17.4. The van der Waals surface area contributed by atoms with Crippen LogP contribution in [0.1, 0.15) is 44.6 Å². The zero-order chi connectivity index (χ0) is 21.3. The van der Waals surface area contributed by atoms with E-state index >= 15 is 0 Å². The molecule has 6 heteroatoms. The first-order valence-electron chi connectivity index (χ1n) is 10.6. The molecule has 1 fully saturated rings. The summed E-state index contributed by atoms with van der Waals surface area (Å²) in [5, 5.41) is 3.12. The van der Waals surface area contributed by atoms with Crippen LogP contribution in [0.2, 0.25) is 0 Å². The van der Waals surface area contributed by atoms with Crippen molar-refractivity contribution in [3.8, 4) is 5.75 Å². The lowest BCUT2D eigenvalue weighted by atomic mass is 10.1. The van der Waals surface area contributed by atoms with Crippen LogP contribution in [0.3, 0.4) is 0 Å². The van der Waals surface area contributed by atoms with Gasteiger partial charge in [0.1, 0.15) is 17.6 Å². The molecular formula is C24H29FN2O3. The van der Waals surface area contributed by atoms with Gasteiger partial charge in [-0.05, 0) is 49.1 Å². The molecular weight excluding hydrogens is 383 g/mol. The lowest BCUT2D eigenvalue weighted by Gasteiger charge is -2.31. The Morgan fingerprint density at radius 1 is 1.10 bits per heavy atom. The first kappa shape index (κ1) is 21.8. The van der Waals surface area contributed by atoms with Gasteiger partial charge in [-0.1, -0.05) is 50.1 Å². The molecule has 5 nitrogen and oxygen atoms in total. The highest BCUT2D eigenvalue weighted by Crippen LogP contribution is 2.19. The minimum absolute atomic E-state index is 0.115. The van der Waals surface area contributed by atoms with Crippen molar-refractivity contribution in [3.05, 3.63) is 66.0 Å². The van der Waals surface area contributed by atoms with Gasteiger partial charge in [-0.15, -0.1) is 0 Å². The molecule has 160 valence electrons. The van der Waals surface area contributed by atoms with E-state index in [0.717, 1.165) is 31.2 Å². The minimum atomic E-state index is -0.574. The Morgan fingerprint density at radius 3 is 2.40 bits per heavy atom. The molecule has 2 aromatic rings. The summed E-state index contributed by atoms with van der Waals surface area (Å²) in [5.41, 5.74) is 0.944. The molecule has 1 aliphatic carbocycles. The van der Waals surface area contributed by atoms with Gasteiger partial charge in [0, 0.05) is 12.6 Å². The number of halogens is 1. The van der Waals surface area contributed by atoms with Crippen LogP contribution >= 0.6 is 0 Å². The fraction of sp³-hybridized carbons (Fsp3) is 0.417. The summed E-state index contributed by atoms with van der Waals surface area (Å²) < 4.78 is 18.6. The molecule has 30 heavy (non-hydrogen) atoms. The molecule has 0 spiro atoms. The van der Waals surface area contributed by atoms with Crippen LogP contribution in [0.4, 0.5) is 4.39 Å². The Balaban J connectivity index is 1.72. The maximum atomic E-state index is 13.1. The Morgan fingerprint density at radius 2 is 1.77 bits per heavy atom. The molecule has 1 saturated carbocycles. The lowest BCUT2D eigenvalue weighted by molar-refractivity contribution is -0.143. The maximum Gasteiger partial charge on any atom is 0.261 e. The second-order valence-electron chi connectivity index (χ2n) is 7.66. The molecule has 2 aromatic carbocycles. The van der Waals surface area contributed by atoms with Crippen LogP contribution in [0, 0.1) is 5.82 Å². The Bertz CT molecular complexity index is 820. The van der Waals surface area contributed by atoms with E-state index in [-0.39, 0.29) is 30.3 Å². The van der Waals surface area contributed by atoms with Crippen LogP contribution in [-0.4, -0.2) is 35.4 Å². The third kappa shape index (κ3) is 6.05. The van der Waals surface area contributed by atoms with Gasteiger partial charge in [0.2, 0.25) is 5.91 Å². The molecule has 0 heterocycles. The number of ether oxygens (including phenoxy) is 1. The summed E-state index contributed by atoms with van der Waals surface area (Å²) in [7, 11) is 0. The van der Waals surface area contributed by atoms with Crippen LogP contribution in [0.15, 0.2) is 54.6 Å². The van der Waals surface area contributed by atoms with Crippen molar-refractivity contribution >= 4 is 11.8 Å². The van der Waals surface area contributed by atoms with E-state index in [4.69, 9.17) is 4.74 Å². The van der Waals surface area contributed by atoms with Gasteiger partial charge in [-0.25, -0.2) is 4.39 Å². The maximum absolute atomic E-state index is 13.1. The van der Waals surface area contributed by atoms with E-state index in [1.165, 1.54) is 24.3 Å². The van der Waals surface area contributed by atoms with Crippen LogP contribution in [-0.2, 0) is 16.1 Å². The van der Waals surface area contributed by atoms with E-state index in [9.17, 15) is 14.0 Å². The Kier molecular flexibility index (Phi) is 7.82. The third-order valence-corrected chi connectivity index (χ3v) is 5.46. The van der Waals surface area contributed by atoms with Gasteiger partial charge in [-0.3, -0.25) is 9.59 Å². The van der Waals surface area contributed by atoms with Crippen molar-refractivity contribution in [1.82, 2.24) is 10.2 Å². The van der Waals surface area contributed by atoms with E-state index in [0.29, 0.717) is 18.7 Å². The molecule has 0 aliphatic heterocycles. The molecule has 0 bridgehead atoms. The van der Waals surface area contributed by atoms with Crippen molar-refractivity contribution in [3.63, 3.8) is 0 Å². The number of hydrogen-bond donors (Lipinski definition) is 1. The zero-order valence-electron chi connectivity index (χ0n) is 17.4. The summed E-state index contributed by atoms with van der Waals surface area (Å²) in [6, 6.07) is 14.7. The monoisotopic (exact) mass is 412 g/mol. The number of carbonyl (C=O) groups excluding carboxylic acids is 2. The van der Waals surface area contributed by atoms with E-state index in [1.54, 1.807) is 4.90 Å². The number of hydrogen-bond acceptors (Lipinski definition) is 3. The highest BCUT2D eigenvalue weighted by Gasteiger charge is 2.30. The van der Waals surface area contributed by atoms with E-state index in [1.807, 2.05) is 37.3 Å². The van der Waals surface area contributed by atoms with Gasteiger partial charge in [-0.2, -0.15) is 0 Å². The number of nitrogens with zero attached hydrogens (tertiary/aromatic N) is 1. The SMILES string of the molecule is CC[C@H](C(=O)NC1CCCC1)N(Cc1ccccc1)C(=O)COc1ccc(F)cc1. The van der Waals surface area contributed by atoms with Crippen molar-refractivity contribution in [1.29, 1.82) is 0 Å². The first-order chi connectivity index (χ1) is 14.6. The summed E-state index contributed by atoms with van der Waals surface area (Å²) in [6.45, 7) is 2.01. The fourth-order valence-electron chi connectivity index (χ4n) is 3.83. The first-order valence-corrected chi connectivity index (χ1v) is 10.6. The highest BCUT2D eigenvalue weighted by molar-refractivity contribution is 5.88. The topological polar surface area (TPSA) is 58.6 Å². The third-order valence-electron chi connectivity index (χ3n) is 5.46. The van der Waals surface area contributed by atoms with Crippen molar-refractivity contribution in [2.24, 2.45) is 0 Å². The average molecular weight is 413 g/mol. The second kappa shape index (κ2) is 10.8. The summed E-state index contributed by atoms with van der Waals surface area (Å²) >= 11 is 0. The van der Waals surface area contributed by atoms with E-state index < -0.39 is 6.04 Å². The van der Waals surface area contributed by atoms with Gasteiger partial charge in [0.05, 0.1) is 0 Å². The van der Waals surface area contributed by atoms with Gasteiger partial charge >= 0.3 is 0 Å². The Hall–Kier alpha value is -2.89. The predicted molar refractivity (Wildman–Crippen MR) is 113 cm³/mol. The van der Waals surface area contributed by atoms with Crippen LogP contribution in [0.5, 0.6) is 5.75 Å². The largest absolute Gasteiger partial charge is 0.484 e. The molecule has 0 aromatic heterocycles. The van der Waals surface area contributed by atoms with Gasteiger partial charge in [0.25, 0.3) is 5.91 Å². The molecule has 1 aliphatic rings. The summed E-state index contributed by atoms with van der Waals surface area (Å²) in [6.07, 6.45) is 4.73. The number of carbonyl (C=O) groups is 2. The van der Waals surface area contributed by atoms with Crippen molar-refractivity contribution in [2.75, 3.05) is 6.61 Å². The molecule has 0 saturated heterocycles. The van der Waals surface area contributed by atoms with E-state index in [2.05, 4.69) is 5.32 Å². The number of nitrogens with one attached hydrogen (secondary N) is 1. The molecule has 1 atom stereocenters. The van der Waals surface area contributed by atoms with Gasteiger partial charge < -0.3 is 15.0 Å². The number of rotatable bonds is 9. The quantitative estimate of drug-likeness (QED) is 0.675. The van der Waals surface area contributed by atoms with Crippen LogP contribution < -0.4 is 10.1 Å². The standard InChI is InChI=1S/C24H29FN2O3/c1-2-22(24(29)26-20-10-6-7-11-20)27(16-18-8-4-3-5-9-18)23(28)17-30-21-14-12-19(25)13-15-21/h3-5,8-9,12-15,20,22H,2,6-7,10-11,16-17H2,1H3,(H,26,29)/t22-/m1/s1. The van der Waals surface area contributed by atoms with Crippen LogP contribution in [0.25, 0.3) is 0 Å². The lowest BCUT2D eigenvalue weighted by Crippen LogP contribution is -2.52. The summed E-state index contributed by atoms with van der Waals surface area (Å²) in [5.74, 6) is -0.353. The second-order valence-corrected chi connectivity index (χ2v) is 7.66. The van der Waals surface area contributed by atoms with Gasteiger partial charge in [0.15, 0.2) is 6.61 Å². The Labute approximate surface area is 177 Å². The molecule has 1 N–H and O–H groups in total. The molecule has 3 rings (SSSR count). The fourth-order valence-corrected chi connectivity index (χ4v) is 3.83.